The Hall–Kier alpha value is -1.79. The average molecular weight is 405 g/mol. The van der Waals surface area contributed by atoms with Crippen LogP contribution in [-0.2, 0) is 11.3 Å². The zero-order valence-corrected chi connectivity index (χ0v) is 16.1. The van der Waals surface area contributed by atoms with Crippen LogP contribution < -0.4 is 5.56 Å². The van der Waals surface area contributed by atoms with E-state index in [4.69, 9.17) is 0 Å². The van der Waals surface area contributed by atoms with Gasteiger partial charge in [-0.2, -0.15) is 0 Å². The second kappa shape index (κ2) is 6.61. The Kier molecular flexibility index (Phi) is 4.69. The van der Waals surface area contributed by atoms with Gasteiger partial charge >= 0.3 is 0 Å². The van der Waals surface area contributed by atoms with Crippen LogP contribution in [0.3, 0.4) is 0 Å². The van der Waals surface area contributed by atoms with E-state index in [-0.39, 0.29) is 11.3 Å². The lowest BCUT2D eigenvalue weighted by Crippen LogP contribution is -2.24. The zero-order valence-electron chi connectivity index (χ0n) is 13.7. The fourth-order valence-corrected chi connectivity index (χ4v) is 4.14. The summed E-state index contributed by atoms with van der Waals surface area (Å²) in [5, 5.41) is 0.647. The Morgan fingerprint density at radius 2 is 1.92 bits per heavy atom. The fraction of sp³-hybridized carbons (Fsp3) is 0.278. The third-order valence-electron chi connectivity index (χ3n) is 4.00. The van der Waals surface area contributed by atoms with Crippen LogP contribution in [0, 0.1) is 13.8 Å². The molecule has 0 radical (unpaired) electrons. The summed E-state index contributed by atoms with van der Waals surface area (Å²) in [6.45, 7) is 5.74. The number of nitrogens with zero attached hydrogens (tertiary/aromatic N) is 2. The number of carbonyl (C=O) groups is 1. The van der Waals surface area contributed by atoms with Gasteiger partial charge in [-0.25, -0.2) is 4.98 Å². The van der Waals surface area contributed by atoms with Gasteiger partial charge in [0.15, 0.2) is 0 Å². The van der Waals surface area contributed by atoms with Crippen molar-refractivity contribution in [1.82, 2.24) is 9.55 Å². The molecule has 2 heterocycles. The van der Waals surface area contributed by atoms with E-state index in [1.54, 1.807) is 4.57 Å². The van der Waals surface area contributed by atoms with Gasteiger partial charge in [0, 0.05) is 27.9 Å². The molecular weight excluding hydrogens is 388 g/mol. The second-order valence-corrected chi connectivity index (χ2v) is 7.91. The predicted molar refractivity (Wildman–Crippen MR) is 102 cm³/mol. The molecule has 0 saturated carbocycles. The van der Waals surface area contributed by atoms with Crippen LogP contribution in [0.15, 0.2) is 33.5 Å². The molecule has 0 saturated heterocycles. The number of fused-ring (bicyclic) bond motifs is 1. The smallest absolute Gasteiger partial charge is 0.262 e. The molecule has 0 fully saturated rings. The Balaban J connectivity index is 2.25. The third-order valence-corrected chi connectivity index (χ3v) is 5.53. The number of hydrogen-bond acceptors (Lipinski definition) is 4. The number of thiophene rings is 1. The van der Waals surface area contributed by atoms with E-state index in [1.165, 1.54) is 18.3 Å². The highest BCUT2D eigenvalue weighted by molar-refractivity contribution is 9.10. The molecule has 0 amide bonds. The number of carbonyl (C=O) groups excluding carboxylic acids is 1. The molecule has 0 aliphatic carbocycles. The van der Waals surface area contributed by atoms with Crippen molar-refractivity contribution in [3.05, 3.63) is 49.8 Å². The van der Waals surface area contributed by atoms with Crippen molar-refractivity contribution >= 4 is 43.3 Å². The monoisotopic (exact) mass is 404 g/mol. The number of Topliss-reactive ketones (excluding diaryl/α,β-unsaturated/α-hetero) is 1. The van der Waals surface area contributed by atoms with E-state index in [9.17, 15) is 9.59 Å². The van der Waals surface area contributed by atoms with Gasteiger partial charge in [-0.1, -0.05) is 28.1 Å². The lowest BCUT2D eigenvalue weighted by molar-refractivity contribution is -0.117. The van der Waals surface area contributed by atoms with Crippen LogP contribution >= 0.6 is 27.3 Å². The molecule has 0 N–H and O–H groups in total. The summed E-state index contributed by atoms with van der Waals surface area (Å²) >= 11 is 4.98. The lowest BCUT2D eigenvalue weighted by Gasteiger charge is -2.09. The Bertz CT molecular complexity index is 987. The largest absolute Gasteiger partial charge is 0.300 e. The molecule has 0 bridgehead atoms. The van der Waals surface area contributed by atoms with Crippen LogP contribution in [0.25, 0.3) is 21.3 Å². The first-order chi connectivity index (χ1) is 11.4. The predicted octanol–water partition coefficient (Wildman–Crippen LogP) is 4.48. The highest BCUT2D eigenvalue weighted by Gasteiger charge is 2.18. The summed E-state index contributed by atoms with van der Waals surface area (Å²) in [4.78, 5) is 30.8. The molecule has 2 aromatic heterocycles. The number of benzene rings is 1. The first-order valence-corrected chi connectivity index (χ1v) is 9.25. The number of ketones is 1. The minimum atomic E-state index is -0.0685. The number of halogens is 1. The van der Waals surface area contributed by atoms with Crippen LogP contribution in [0.5, 0.6) is 0 Å². The number of aromatic nitrogens is 2. The molecule has 24 heavy (non-hydrogen) atoms. The standard InChI is InChI=1S/C18H17BrN2O2S/c1-10(22)8-9-21-12(3)20-17-16(18(21)23)15(11(2)24-17)13-4-6-14(19)7-5-13/h4-7H,8-9H2,1-3H3. The first-order valence-electron chi connectivity index (χ1n) is 7.64. The highest BCUT2D eigenvalue weighted by Crippen LogP contribution is 2.36. The lowest BCUT2D eigenvalue weighted by atomic mass is 10.0. The normalized spacial score (nSPS) is 11.2. The summed E-state index contributed by atoms with van der Waals surface area (Å²) in [6.07, 6.45) is 0.338. The van der Waals surface area contributed by atoms with Gasteiger partial charge in [0.25, 0.3) is 5.56 Å². The van der Waals surface area contributed by atoms with Gasteiger partial charge in [0.2, 0.25) is 0 Å². The Morgan fingerprint density at radius 1 is 1.25 bits per heavy atom. The molecule has 124 valence electrons. The molecule has 3 aromatic rings. The minimum Gasteiger partial charge on any atom is -0.300 e. The molecule has 0 spiro atoms. The number of rotatable bonds is 4. The maximum atomic E-state index is 13.0. The summed E-state index contributed by atoms with van der Waals surface area (Å²) in [6, 6.07) is 7.93. The molecule has 0 aliphatic rings. The Labute approximate surface area is 152 Å². The van der Waals surface area contributed by atoms with Gasteiger partial charge in [0.1, 0.15) is 16.4 Å². The Morgan fingerprint density at radius 3 is 2.54 bits per heavy atom. The molecule has 6 heteroatoms. The molecule has 0 unspecified atom stereocenters. The van der Waals surface area contributed by atoms with Crippen molar-refractivity contribution in [2.24, 2.45) is 0 Å². The molecule has 3 rings (SSSR count). The topological polar surface area (TPSA) is 52.0 Å². The third kappa shape index (κ3) is 3.08. The summed E-state index contributed by atoms with van der Waals surface area (Å²) in [5.74, 6) is 0.716. The quantitative estimate of drug-likeness (QED) is 0.643. The van der Waals surface area contributed by atoms with Crippen LogP contribution in [0.1, 0.15) is 24.0 Å². The van der Waals surface area contributed by atoms with Crippen molar-refractivity contribution in [2.75, 3.05) is 0 Å². The zero-order chi connectivity index (χ0) is 17.4. The van der Waals surface area contributed by atoms with Crippen molar-refractivity contribution in [3.63, 3.8) is 0 Å². The van der Waals surface area contributed by atoms with Crippen LogP contribution in [0.4, 0.5) is 0 Å². The van der Waals surface area contributed by atoms with Crippen LogP contribution in [0.2, 0.25) is 0 Å². The maximum Gasteiger partial charge on any atom is 0.262 e. The van der Waals surface area contributed by atoms with Gasteiger partial charge < -0.3 is 0 Å². The van der Waals surface area contributed by atoms with E-state index in [2.05, 4.69) is 20.9 Å². The van der Waals surface area contributed by atoms with Crippen molar-refractivity contribution in [2.45, 2.75) is 33.7 Å². The van der Waals surface area contributed by atoms with E-state index >= 15 is 0 Å². The van der Waals surface area contributed by atoms with Gasteiger partial charge in [0.05, 0.1) is 5.39 Å². The summed E-state index contributed by atoms with van der Waals surface area (Å²) in [7, 11) is 0. The van der Waals surface area contributed by atoms with Crippen molar-refractivity contribution in [3.8, 4) is 11.1 Å². The first kappa shape index (κ1) is 17.0. The van der Waals surface area contributed by atoms with E-state index in [1.807, 2.05) is 38.1 Å². The number of hydrogen-bond donors (Lipinski definition) is 0. The highest BCUT2D eigenvalue weighted by atomic mass is 79.9. The number of aryl methyl sites for hydroxylation is 2. The van der Waals surface area contributed by atoms with Crippen molar-refractivity contribution in [1.29, 1.82) is 0 Å². The molecule has 1 aromatic carbocycles. The summed E-state index contributed by atoms with van der Waals surface area (Å²) in [5.41, 5.74) is 1.88. The maximum absolute atomic E-state index is 13.0. The van der Waals surface area contributed by atoms with Crippen molar-refractivity contribution < 1.29 is 4.79 Å². The van der Waals surface area contributed by atoms with E-state index < -0.39 is 0 Å². The minimum absolute atomic E-state index is 0.0658. The molecular formula is C18H17BrN2O2S. The van der Waals surface area contributed by atoms with Gasteiger partial charge in [-0.3, -0.25) is 14.2 Å². The van der Waals surface area contributed by atoms with Gasteiger partial charge in [-0.15, -0.1) is 11.3 Å². The summed E-state index contributed by atoms with van der Waals surface area (Å²) < 4.78 is 2.61. The molecule has 0 aliphatic heterocycles. The van der Waals surface area contributed by atoms with E-state index in [0.717, 1.165) is 25.3 Å². The van der Waals surface area contributed by atoms with Crippen LogP contribution in [-0.4, -0.2) is 15.3 Å². The molecule has 0 atom stereocenters. The average Bonchev–Trinajstić information content (AvgIpc) is 2.83. The van der Waals surface area contributed by atoms with Gasteiger partial charge in [-0.05, 0) is 38.5 Å². The fourth-order valence-electron chi connectivity index (χ4n) is 2.79. The molecule has 4 nitrogen and oxygen atoms in total. The van der Waals surface area contributed by atoms with E-state index in [0.29, 0.717) is 24.2 Å². The SMILES string of the molecule is CC(=O)CCn1c(C)nc2sc(C)c(-c3ccc(Br)cc3)c2c1=O. The second-order valence-electron chi connectivity index (χ2n) is 5.79.